The molecule has 6 N–H and O–H groups in total. The van der Waals surface area contributed by atoms with E-state index in [-0.39, 0.29) is 18.4 Å². The molecule has 1 aromatic heterocycles. The summed E-state index contributed by atoms with van der Waals surface area (Å²) in [7, 11) is 1.00. The lowest BCUT2D eigenvalue weighted by atomic mass is 10.0. The zero-order valence-electron chi connectivity index (χ0n) is 31.9. The number of halogens is 3. The highest BCUT2D eigenvalue weighted by Gasteiger charge is 2.32. The summed E-state index contributed by atoms with van der Waals surface area (Å²) in [6.07, 6.45) is 12.1. The lowest BCUT2D eigenvalue weighted by Crippen LogP contribution is -2.42. The van der Waals surface area contributed by atoms with Crippen molar-refractivity contribution in [2.24, 2.45) is 10.9 Å². The quantitative estimate of drug-likeness (QED) is 0.0506. The van der Waals surface area contributed by atoms with Gasteiger partial charge in [-0.25, -0.2) is 8.78 Å². The fourth-order valence-corrected chi connectivity index (χ4v) is 6.26. The number of anilines is 3. The number of terminal acetylenes is 1. The average molecular weight is 747 g/mol. The number of likely N-dealkylation sites (tertiary alicyclic amines) is 2. The van der Waals surface area contributed by atoms with Gasteiger partial charge in [-0.3, -0.25) is 9.79 Å². The van der Waals surface area contributed by atoms with Gasteiger partial charge in [-0.15, -0.1) is 12.8 Å². The first-order valence-electron chi connectivity index (χ1n) is 18.4. The van der Waals surface area contributed by atoms with Crippen molar-refractivity contribution < 1.29 is 23.1 Å². The number of nitrogen functional groups attached to an aromatic ring is 2. The molecule has 2 aliphatic rings. The van der Waals surface area contributed by atoms with Crippen molar-refractivity contribution in [2.75, 3.05) is 56.6 Å². The zero-order chi connectivity index (χ0) is 39.3. The van der Waals surface area contributed by atoms with Crippen LogP contribution >= 0.6 is 11.6 Å². The molecule has 0 radical (unpaired) electrons. The molecule has 9 nitrogen and oxygen atoms in total. The maximum absolute atomic E-state index is 15.0. The van der Waals surface area contributed by atoms with E-state index in [9.17, 15) is 4.79 Å². The van der Waals surface area contributed by atoms with Crippen molar-refractivity contribution in [1.29, 1.82) is 0 Å². The van der Waals surface area contributed by atoms with Crippen molar-refractivity contribution in [1.82, 2.24) is 9.80 Å². The number of nitrogens with zero attached hydrogens (tertiary/aromatic N) is 3. The normalized spacial score (nSPS) is 15.9. The van der Waals surface area contributed by atoms with E-state index in [4.69, 9.17) is 32.6 Å². The van der Waals surface area contributed by atoms with Crippen LogP contribution < -0.4 is 16.8 Å². The van der Waals surface area contributed by atoms with Crippen LogP contribution in [0.1, 0.15) is 91.7 Å². The molecule has 12 heteroatoms. The molecule has 2 saturated heterocycles. The first kappa shape index (κ1) is 46.0. The van der Waals surface area contributed by atoms with Crippen LogP contribution in [-0.2, 0) is 4.79 Å². The third kappa shape index (κ3) is 13.8. The molecule has 52 heavy (non-hydrogen) atoms. The Morgan fingerprint density at radius 1 is 1.00 bits per heavy atom. The average Bonchev–Trinajstić information content (AvgIpc) is 3.75. The van der Waals surface area contributed by atoms with E-state index in [1.54, 1.807) is 12.1 Å². The van der Waals surface area contributed by atoms with Gasteiger partial charge < -0.3 is 36.1 Å². The largest absolute Gasteiger partial charge is 0.451 e. The molecule has 3 heterocycles. The second-order valence-electron chi connectivity index (χ2n) is 12.3. The number of nitrogens with one attached hydrogen (secondary N) is 1. The molecule has 1 atom stereocenters. The highest BCUT2D eigenvalue weighted by atomic mass is 35.5. The first-order valence-corrected chi connectivity index (χ1v) is 18.8. The number of fused-ring (bicyclic) bond motifs is 1. The summed E-state index contributed by atoms with van der Waals surface area (Å²) in [6.45, 7) is 12.3. The fourth-order valence-electron chi connectivity index (χ4n) is 6.09. The number of piperidine rings is 1. The minimum atomic E-state index is -2.97. The number of amides is 1. The van der Waals surface area contributed by atoms with Crippen LogP contribution in [0, 0.1) is 18.8 Å². The number of unbranched alkanes of at least 4 members (excludes halogenated alkanes) is 2. The number of aliphatic hydroxyl groups excluding tert-OH is 1. The predicted molar refractivity (Wildman–Crippen MR) is 215 cm³/mol. The number of nitrogens with two attached hydrogens (primary N) is 2. The number of aliphatic imine (C=N–C) groups is 1. The van der Waals surface area contributed by atoms with Gasteiger partial charge in [0.1, 0.15) is 12.1 Å². The Labute approximate surface area is 315 Å². The van der Waals surface area contributed by atoms with Gasteiger partial charge in [0.15, 0.2) is 11.6 Å². The zero-order valence-corrected chi connectivity index (χ0v) is 32.7. The molecule has 0 aliphatic carbocycles. The number of alkyl halides is 2. The molecule has 5 rings (SSSR count). The monoisotopic (exact) mass is 746 g/mol. The fraction of sp³-hybridized carbons (Fsp3) is 0.550. The van der Waals surface area contributed by atoms with Gasteiger partial charge in [0.25, 0.3) is 5.92 Å². The Kier molecular flexibility index (Phi) is 21.5. The topological polar surface area (TPSA) is 133 Å². The number of hydrogen-bond donors (Lipinski definition) is 4. The Morgan fingerprint density at radius 3 is 2.25 bits per heavy atom. The Hall–Kier alpha value is -4.01. The van der Waals surface area contributed by atoms with Crippen molar-refractivity contribution in [3.05, 3.63) is 53.2 Å². The predicted octanol–water partition coefficient (Wildman–Crippen LogP) is 8.94. The molecule has 2 fully saturated rings. The van der Waals surface area contributed by atoms with Gasteiger partial charge in [-0.1, -0.05) is 64.8 Å². The summed E-state index contributed by atoms with van der Waals surface area (Å²) in [5, 5.41) is 11.8. The molecule has 3 aromatic rings. The van der Waals surface area contributed by atoms with E-state index < -0.39 is 12.5 Å². The second kappa shape index (κ2) is 24.3. The third-order valence-electron chi connectivity index (χ3n) is 8.68. The first-order chi connectivity index (χ1) is 25.1. The molecule has 0 spiro atoms. The van der Waals surface area contributed by atoms with Gasteiger partial charge in [-0.2, -0.15) is 0 Å². The number of hydrogen-bond acceptors (Lipinski definition) is 7. The number of carbonyl (C=O) groups is 1. The Morgan fingerprint density at radius 2 is 1.63 bits per heavy atom. The second-order valence-corrected chi connectivity index (χ2v) is 12.7. The van der Waals surface area contributed by atoms with E-state index in [2.05, 4.69) is 30.1 Å². The van der Waals surface area contributed by atoms with Crippen LogP contribution in [-0.4, -0.2) is 78.4 Å². The maximum Gasteiger partial charge on any atom is 0.267 e. The molecule has 2 aromatic carbocycles. The van der Waals surface area contributed by atoms with Crippen molar-refractivity contribution in [2.45, 2.75) is 97.9 Å². The van der Waals surface area contributed by atoms with Crippen LogP contribution in [0.5, 0.6) is 0 Å². The van der Waals surface area contributed by atoms with Crippen molar-refractivity contribution in [3.63, 3.8) is 0 Å². The molecule has 0 saturated carbocycles. The van der Waals surface area contributed by atoms with Gasteiger partial charge in [0.2, 0.25) is 5.91 Å². The highest BCUT2D eigenvalue weighted by molar-refractivity contribution is 6.31. The van der Waals surface area contributed by atoms with E-state index in [1.165, 1.54) is 0 Å². The number of amidine groups is 1. The molecule has 1 unspecified atom stereocenters. The smallest absolute Gasteiger partial charge is 0.267 e. The molecule has 290 valence electrons. The van der Waals surface area contributed by atoms with E-state index in [0.717, 1.165) is 50.5 Å². The Bertz CT molecular complexity index is 1520. The summed E-state index contributed by atoms with van der Waals surface area (Å²) in [5.41, 5.74) is 14.9. The minimum Gasteiger partial charge on any atom is -0.451 e. The van der Waals surface area contributed by atoms with Crippen LogP contribution in [0.15, 0.2) is 51.9 Å². The number of carbonyl (C=O) groups excluding carboxylic acids is 1. The van der Waals surface area contributed by atoms with E-state index in [1.807, 2.05) is 67.8 Å². The SMILES string of the molecule is C#C.CC.CC.CC1CCN(C(=NCC(F)(F)CCCCCC(=O)N2CCC(Nc3cc(Cl)ccc3N)CC2)c2oc3ccccc3c2N)C1.CO. The minimum absolute atomic E-state index is 0.0787. The van der Waals surface area contributed by atoms with E-state index >= 15 is 8.78 Å². The number of aliphatic hydroxyl groups is 1. The van der Waals surface area contributed by atoms with Gasteiger partial charge in [0.05, 0.1) is 17.1 Å². The highest BCUT2D eigenvalue weighted by Crippen LogP contribution is 2.32. The third-order valence-corrected chi connectivity index (χ3v) is 8.91. The molecule has 2 aliphatic heterocycles. The van der Waals surface area contributed by atoms with Crippen molar-refractivity contribution >= 4 is 51.4 Å². The molecule has 0 bridgehead atoms. The van der Waals surface area contributed by atoms with Crippen LogP contribution in [0.2, 0.25) is 5.02 Å². The van der Waals surface area contributed by atoms with Gasteiger partial charge in [-0.05, 0) is 68.4 Å². The Balaban J connectivity index is 0.00000158. The van der Waals surface area contributed by atoms with E-state index in [0.29, 0.717) is 78.3 Å². The summed E-state index contributed by atoms with van der Waals surface area (Å²) in [6, 6.07) is 13.0. The van der Waals surface area contributed by atoms with Gasteiger partial charge in [0, 0.05) is 62.6 Å². The lowest BCUT2D eigenvalue weighted by Gasteiger charge is -2.33. The van der Waals surface area contributed by atoms with Crippen LogP contribution in [0.3, 0.4) is 0 Å². The van der Waals surface area contributed by atoms with Crippen LogP contribution in [0.4, 0.5) is 25.8 Å². The van der Waals surface area contributed by atoms with Gasteiger partial charge >= 0.3 is 0 Å². The summed E-state index contributed by atoms with van der Waals surface area (Å²) in [5.74, 6) is -1.69. The van der Waals surface area contributed by atoms with Crippen molar-refractivity contribution in [3.8, 4) is 12.8 Å². The summed E-state index contributed by atoms with van der Waals surface area (Å²) < 4.78 is 36.0. The summed E-state index contributed by atoms with van der Waals surface area (Å²) >= 11 is 6.09. The lowest BCUT2D eigenvalue weighted by molar-refractivity contribution is -0.132. The van der Waals surface area contributed by atoms with Crippen LogP contribution in [0.25, 0.3) is 11.0 Å². The maximum atomic E-state index is 15.0. The molecular formula is C40H61ClF2N6O3. The summed E-state index contributed by atoms with van der Waals surface area (Å²) in [4.78, 5) is 21.0. The molecular weight excluding hydrogens is 686 g/mol. The number of rotatable bonds is 11. The number of para-hydroxylation sites is 1. The number of benzene rings is 2. The molecule has 1 amide bonds. The standard InChI is InChI=1S/C33H43ClF2N6O2.2C2H6.C2H2.CH4O/c1-22-12-16-42(20-22)32(31-30(38)25-7-4-5-8-28(25)44-31)39-21-33(35,36)15-6-2-3-9-29(43)41-17-13-24(14-18-41)40-27-19-23(34)10-11-26(27)37;4*1-2/h4-5,7-8,10-11,19,22,24,40H,2-3,6,9,12-18,20-21,37-38H2,1H3;2*1-2H3;1-2H;2H,1H3. The number of furan rings is 1.